The first-order valence-electron chi connectivity index (χ1n) is 7.33. The lowest BCUT2D eigenvalue weighted by atomic mass is 10.0. The van der Waals surface area contributed by atoms with Crippen LogP contribution in [0, 0.1) is 11.8 Å². The molecule has 1 fully saturated rings. The third-order valence-corrected chi connectivity index (χ3v) is 4.05. The molecule has 0 bridgehead atoms. The fourth-order valence-electron chi connectivity index (χ4n) is 2.84. The topological polar surface area (TPSA) is 82.8 Å². The summed E-state index contributed by atoms with van der Waals surface area (Å²) < 4.78 is 12.0. The number of aromatic nitrogens is 2. The molecule has 3 rings (SSSR count). The zero-order valence-corrected chi connectivity index (χ0v) is 13.0. The van der Waals surface area contributed by atoms with Crippen molar-refractivity contribution < 1.29 is 14.3 Å². The Balaban J connectivity index is 2.10. The largest absolute Gasteiger partial charge is 0.465 e. The van der Waals surface area contributed by atoms with Crippen LogP contribution in [-0.4, -0.2) is 35.8 Å². The number of methoxy groups -OCH3 is 1. The van der Waals surface area contributed by atoms with Crippen molar-refractivity contribution in [2.75, 3.05) is 20.3 Å². The zero-order valence-electron chi connectivity index (χ0n) is 13.0. The van der Waals surface area contributed by atoms with Gasteiger partial charge in [0, 0.05) is 24.9 Å². The molecule has 2 aromatic rings. The molecule has 0 radical (unpaired) electrons. The van der Waals surface area contributed by atoms with Gasteiger partial charge in [-0.3, -0.25) is 0 Å². The van der Waals surface area contributed by atoms with Gasteiger partial charge in [-0.25, -0.2) is 9.78 Å². The molecule has 23 heavy (non-hydrogen) atoms. The average molecular weight is 315 g/mol. The van der Waals surface area contributed by atoms with Gasteiger partial charge in [0.2, 0.25) is 0 Å². The van der Waals surface area contributed by atoms with Crippen molar-refractivity contribution in [3.05, 3.63) is 46.4 Å². The minimum Gasteiger partial charge on any atom is -0.465 e. The molecule has 0 aliphatic carbocycles. The molecule has 0 amide bonds. The van der Waals surface area contributed by atoms with Gasteiger partial charge in [0.25, 0.3) is 0 Å². The molecule has 0 saturated carbocycles. The molecular weight excluding hydrogens is 298 g/mol. The molecule has 1 aromatic heterocycles. The van der Waals surface area contributed by atoms with Crippen LogP contribution in [0.1, 0.15) is 34.1 Å². The highest BCUT2D eigenvalue weighted by Crippen LogP contribution is 2.32. The fourth-order valence-corrected chi connectivity index (χ4v) is 2.84. The number of imidazole rings is 1. The van der Waals surface area contributed by atoms with E-state index < -0.39 is 5.97 Å². The Morgan fingerprint density at radius 3 is 2.96 bits per heavy atom. The summed E-state index contributed by atoms with van der Waals surface area (Å²) in [6.45, 7) is 3.11. The summed E-state index contributed by atoms with van der Waals surface area (Å²) in [6, 6.07) is 3.21. The maximum atomic E-state index is 11.8. The Morgan fingerprint density at radius 2 is 2.30 bits per heavy atom. The highest BCUT2D eigenvalue weighted by molar-refractivity contribution is 5.92. The summed E-state index contributed by atoms with van der Waals surface area (Å²) in [5, 5.41) is 3.08. The highest BCUT2D eigenvalue weighted by atomic mass is 16.5. The number of ether oxygens (including phenoxy) is 2. The van der Waals surface area contributed by atoms with Crippen LogP contribution in [-0.2, 0) is 9.47 Å². The molecule has 1 saturated heterocycles. The number of hydrogen-bond acceptors (Lipinski definition) is 6. The highest BCUT2D eigenvalue weighted by Gasteiger charge is 2.24. The Bertz CT molecular complexity index is 748. The first kappa shape index (κ1) is 15.4. The molecule has 1 unspecified atom stereocenters. The number of carbonyl (C=O) groups excluding carboxylic acids is 1. The predicted octanol–water partition coefficient (Wildman–Crippen LogP) is 2.87. The van der Waals surface area contributed by atoms with Crippen molar-refractivity contribution in [3.8, 4) is 5.69 Å². The Kier molecular flexibility index (Phi) is 4.20. The van der Waals surface area contributed by atoms with E-state index in [-0.39, 0.29) is 11.6 Å². The molecule has 1 aliphatic heterocycles. The van der Waals surface area contributed by atoms with Crippen molar-refractivity contribution in [1.29, 1.82) is 0 Å². The summed E-state index contributed by atoms with van der Waals surface area (Å²) in [4.78, 5) is 27.4. The van der Waals surface area contributed by atoms with E-state index in [1.807, 2.05) is 4.57 Å². The number of carbonyl (C=O) groups is 1. The molecule has 1 aromatic carbocycles. The van der Waals surface area contributed by atoms with Crippen molar-refractivity contribution in [1.82, 2.24) is 9.55 Å². The van der Waals surface area contributed by atoms with Crippen LogP contribution in [0.2, 0.25) is 0 Å². The maximum absolute atomic E-state index is 11.8. The first-order valence-corrected chi connectivity index (χ1v) is 7.33. The van der Waals surface area contributed by atoms with Gasteiger partial charge in [-0.15, -0.1) is 4.91 Å². The number of nitrogens with zero attached hydrogens (tertiary/aromatic N) is 3. The van der Waals surface area contributed by atoms with Gasteiger partial charge >= 0.3 is 5.97 Å². The molecule has 7 nitrogen and oxygen atoms in total. The molecule has 0 N–H and O–H groups in total. The molecule has 7 heteroatoms. The monoisotopic (exact) mass is 315 g/mol. The van der Waals surface area contributed by atoms with Gasteiger partial charge in [0.05, 0.1) is 25.0 Å². The number of benzene rings is 1. The van der Waals surface area contributed by atoms with Crippen LogP contribution >= 0.6 is 0 Å². The minimum atomic E-state index is -0.492. The normalized spacial score (nSPS) is 17.2. The SMILES string of the molecule is COC(=O)c1cc(N=O)c(-n2ccnc2C2CCOC2)cc1C. The fraction of sp³-hybridized carbons (Fsp3) is 0.375. The van der Waals surface area contributed by atoms with Crippen LogP contribution in [0.5, 0.6) is 0 Å². The van der Waals surface area contributed by atoms with Crippen molar-refractivity contribution in [2.45, 2.75) is 19.3 Å². The zero-order chi connectivity index (χ0) is 16.4. The minimum absolute atomic E-state index is 0.175. The second-order valence-electron chi connectivity index (χ2n) is 5.45. The van der Waals surface area contributed by atoms with E-state index in [1.165, 1.54) is 13.2 Å². The molecule has 120 valence electrons. The lowest BCUT2D eigenvalue weighted by Gasteiger charge is -2.15. The Labute approximate surface area is 133 Å². The van der Waals surface area contributed by atoms with Crippen LogP contribution < -0.4 is 0 Å². The van der Waals surface area contributed by atoms with E-state index >= 15 is 0 Å². The van der Waals surface area contributed by atoms with Crippen LogP contribution in [0.3, 0.4) is 0 Å². The lowest BCUT2D eigenvalue weighted by molar-refractivity contribution is 0.0600. The lowest BCUT2D eigenvalue weighted by Crippen LogP contribution is -2.09. The standard InChI is InChI=1S/C16H17N3O4/c1-10-7-14(13(18-21)8-12(10)16(20)22-2)19-5-4-17-15(19)11-3-6-23-9-11/h4-5,7-8,11H,3,6,9H2,1-2H3. The number of rotatable bonds is 4. The van der Waals surface area contributed by atoms with E-state index in [0.29, 0.717) is 30.0 Å². The summed E-state index contributed by atoms with van der Waals surface area (Å²) in [5.41, 5.74) is 1.82. The first-order chi connectivity index (χ1) is 11.2. The molecule has 0 spiro atoms. The smallest absolute Gasteiger partial charge is 0.338 e. The van der Waals surface area contributed by atoms with Gasteiger partial charge in [-0.1, -0.05) is 0 Å². The van der Waals surface area contributed by atoms with E-state index in [9.17, 15) is 9.70 Å². The average Bonchev–Trinajstić information content (AvgIpc) is 3.24. The summed E-state index contributed by atoms with van der Waals surface area (Å²) in [5.74, 6) is 0.525. The van der Waals surface area contributed by atoms with Crippen molar-refractivity contribution in [3.63, 3.8) is 0 Å². The van der Waals surface area contributed by atoms with Crippen LogP contribution in [0.4, 0.5) is 5.69 Å². The Morgan fingerprint density at radius 1 is 1.48 bits per heavy atom. The van der Waals surface area contributed by atoms with Gasteiger partial charge < -0.3 is 14.0 Å². The number of hydrogen-bond donors (Lipinski definition) is 0. The van der Waals surface area contributed by atoms with Gasteiger partial charge in [-0.2, -0.15) is 0 Å². The second-order valence-corrected chi connectivity index (χ2v) is 5.45. The van der Waals surface area contributed by atoms with Gasteiger partial charge in [-0.05, 0) is 36.2 Å². The van der Waals surface area contributed by atoms with Crippen LogP contribution in [0.25, 0.3) is 5.69 Å². The number of nitroso groups, excluding NO2 is 1. The van der Waals surface area contributed by atoms with Crippen LogP contribution in [0.15, 0.2) is 29.7 Å². The summed E-state index contributed by atoms with van der Waals surface area (Å²) in [7, 11) is 1.30. The maximum Gasteiger partial charge on any atom is 0.338 e. The van der Waals surface area contributed by atoms with Gasteiger partial charge in [0.15, 0.2) is 0 Å². The third kappa shape index (κ3) is 2.75. The quantitative estimate of drug-likeness (QED) is 0.640. The molecule has 1 atom stereocenters. The summed E-state index contributed by atoms with van der Waals surface area (Å²) >= 11 is 0. The molecule has 1 aliphatic rings. The second kappa shape index (κ2) is 6.29. The van der Waals surface area contributed by atoms with Gasteiger partial charge in [0.1, 0.15) is 11.5 Å². The number of aryl methyl sites for hydroxylation is 1. The van der Waals surface area contributed by atoms with E-state index in [4.69, 9.17) is 9.47 Å². The molecular formula is C16H17N3O4. The number of esters is 1. The van der Waals surface area contributed by atoms with Crippen molar-refractivity contribution >= 4 is 11.7 Å². The van der Waals surface area contributed by atoms with E-state index in [2.05, 4.69) is 10.2 Å². The third-order valence-electron chi connectivity index (χ3n) is 4.05. The summed E-state index contributed by atoms with van der Waals surface area (Å²) in [6.07, 6.45) is 4.36. The van der Waals surface area contributed by atoms with E-state index in [0.717, 1.165) is 12.2 Å². The molecule has 2 heterocycles. The predicted molar refractivity (Wildman–Crippen MR) is 83.3 cm³/mol. The Hall–Kier alpha value is -2.54. The van der Waals surface area contributed by atoms with Crippen molar-refractivity contribution in [2.24, 2.45) is 5.18 Å². The van der Waals surface area contributed by atoms with E-state index in [1.54, 1.807) is 25.4 Å².